The molecular formula is C21H21N5O3. The molecule has 0 fully saturated rings. The topological polar surface area (TPSA) is 94.3 Å². The smallest absolute Gasteiger partial charge is 0.164 e. The Morgan fingerprint density at radius 1 is 1.10 bits per heavy atom. The zero-order chi connectivity index (χ0) is 20.4. The molecule has 0 saturated carbocycles. The number of hydrogen-bond acceptors (Lipinski definition) is 7. The van der Waals surface area contributed by atoms with Crippen molar-refractivity contribution >= 4 is 22.4 Å². The van der Waals surface area contributed by atoms with Gasteiger partial charge in [-0.15, -0.1) is 0 Å². The van der Waals surface area contributed by atoms with E-state index in [0.717, 1.165) is 22.5 Å². The van der Waals surface area contributed by atoms with Crippen molar-refractivity contribution in [3.8, 4) is 17.2 Å². The Kier molecular flexibility index (Phi) is 4.90. The number of aromatic nitrogens is 4. The summed E-state index contributed by atoms with van der Waals surface area (Å²) in [6.07, 6.45) is 5.07. The monoisotopic (exact) mass is 391 g/mol. The number of hydrogen-bond donors (Lipinski definition) is 2. The third-order valence-corrected chi connectivity index (χ3v) is 4.67. The van der Waals surface area contributed by atoms with Gasteiger partial charge in [-0.2, -0.15) is 0 Å². The number of anilines is 2. The Morgan fingerprint density at radius 2 is 1.97 bits per heavy atom. The Bertz CT molecular complexity index is 1170. The van der Waals surface area contributed by atoms with E-state index in [1.807, 2.05) is 49.0 Å². The van der Waals surface area contributed by atoms with Crippen molar-refractivity contribution in [1.29, 1.82) is 0 Å². The first kappa shape index (κ1) is 18.5. The second-order valence-corrected chi connectivity index (χ2v) is 6.61. The highest BCUT2D eigenvalue weighted by atomic mass is 16.5. The van der Waals surface area contributed by atoms with Gasteiger partial charge in [-0.3, -0.25) is 0 Å². The van der Waals surface area contributed by atoms with Crippen LogP contribution in [0, 0.1) is 6.92 Å². The predicted molar refractivity (Wildman–Crippen MR) is 110 cm³/mol. The van der Waals surface area contributed by atoms with Gasteiger partial charge in [0, 0.05) is 42.6 Å². The van der Waals surface area contributed by atoms with Gasteiger partial charge in [0.1, 0.15) is 30.3 Å². The van der Waals surface area contributed by atoms with E-state index in [1.54, 1.807) is 19.4 Å². The Labute approximate surface area is 167 Å². The predicted octanol–water partition coefficient (Wildman–Crippen LogP) is 3.71. The van der Waals surface area contributed by atoms with Gasteiger partial charge in [-0.1, -0.05) is 6.07 Å². The summed E-state index contributed by atoms with van der Waals surface area (Å²) in [5.41, 5.74) is 2.23. The lowest BCUT2D eigenvalue weighted by Gasteiger charge is -2.14. The average Bonchev–Trinajstić information content (AvgIpc) is 3.13. The molecule has 2 aromatic carbocycles. The minimum absolute atomic E-state index is 0.218. The molecule has 0 amide bonds. The first-order valence-corrected chi connectivity index (χ1v) is 9.03. The second-order valence-electron chi connectivity index (χ2n) is 6.61. The molecule has 0 spiro atoms. The van der Waals surface area contributed by atoms with Crippen LogP contribution in [-0.4, -0.2) is 31.7 Å². The average molecular weight is 391 g/mol. The van der Waals surface area contributed by atoms with Crippen LogP contribution in [0.2, 0.25) is 0 Å². The number of aromatic hydroxyl groups is 1. The van der Waals surface area contributed by atoms with Crippen molar-refractivity contribution in [2.75, 3.05) is 12.4 Å². The lowest BCUT2D eigenvalue weighted by atomic mass is 10.2. The number of phenols is 1. The van der Waals surface area contributed by atoms with Gasteiger partial charge in [-0.05, 0) is 24.6 Å². The highest BCUT2D eigenvalue weighted by Crippen LogP contribution is 2.35. The quantitative estimate of drug-likeness (QED) is 0.517. The fraction of sp³-hybridized carbons (Fsp3) is 0.190. The standard InChI is InChI=1S/C21H21N5O3/c1-13-4-5-14(8-17(13)27)25-21-15-9-18(28-3)19(10-16(15)23-12-24-21)29-11-20-22-6-7-26(20)2/h4-10,12,27H,11H2,1-3H3,(H,23,24,25). The fourth-order valence-corrected chi connectivity index (χ4v) is 2.94. The normalized spacial score (nSPS) is 10.9. The molecule has 0 radical (unpaired) electrons. The molecule has 148 valence electrons. The van der Waals surface area contributed by atoms with Gasteiger partial charge in [-0.25, -0.2) is 15.0 Å². The zero-order valence-electron chi connectivity index (χ0n) is 16.4. The summed E-state index contributed by atoms with van der Waals surface area (Å²) in [7, 11) is 3.50. The number of nitrogens with zero attached hydrogens (tertiary/aromatic N) is 4. The van der Waals surface area contributed by atoms with E-state index in [0.29, 0.717) is 29.4 Å². The first-order valence-electron chi connectivity index (χ1n) is 9.03. The van der Waals surface area contributed by atoms with Crippen LogP contribution < -0.4 is 14.8 Å². The molecule has 4 aromatic rings. The number of rotatable bonds is 6. The molecule has 2 heterocycles. The molecule has 0 aliphatic rings. The number of nitrogens with one attached hydrogen (secondary N) is 1. The maximum Gasteiger partial charge on any atom is 0.164 e. The van der Waals surface area contributed by atoms with E-state index in [4.69, 9.17) is 9.47 Å². The van der Waals surface area contributed by atoms with Crippen molar-refractivity contribution in [3.63, 3.8) is 0 Å². The van der Waals surface area contributed by atoms with E-state index in [2.05, 4.69) is 20.3 Å². The first-order chi connectivity index (χ1) is 14.0. The number of benzene rings is 2. The molecular weight excluding hydrogens is 370 g/mol. The number of fused-ring (bicyclic) bond motifs is 1. The van der Waals surface area contributed by atoms with Gasteiger partial charge in [0.25, 0.3) is 0 Å². The maximum atomic E-state index is 9.95. The molecule has 2 aromatic heterocycles. The number of ether oxygens (including phenoxy) is 2. The van der Waals surface area contributed by atoms with Crippen LogP contribution in [-0.2, 0) is 13.7 Å². The van der Waals surface area contributed by atoms with Crippen LogP contribution in [0.1, 0.15) is 11.4 Å². The van der Waals surface area contributed by atoms with E-state index < -0.39 is 0 Å². The fourth-order valence-electron chi connectivity index (χ4n) is 2.94. The number of phenolic OH excluding ortho intramolecular Hbond substituents is 1. The minimum atomic E-state index is 0.218. The third kappa shape index (κ3) is 3.77. The molecule has 0 bridgehead atoms. The SMILES string of the molecule is COc1cc2c(Nc3ccc(C)c(O)c3)ncnc2cc1OCc1nccn1C. The lowest BCUT2D eigenvalue weighted by Crippen LogP contribution is -2.04. The largest absolute Gasteiger partial charge is 0.508 e. The summed E-state index contributed by atoms with van der Waals surface area (Å²) in [5.74, 6) is 2.76. The van der Waals surface area contributed by atoms with Crippen LogP contribution in [0.3, 0.4) is 0 Å². The highest BCUT2D eigenvalue weighted by Gasteiger charge is 2.13. The summed E-state index contributed by atoms with van der Waals surface area (Å²) >= 11 is 0. The van der Waals surface area contributed by atoms with Crippen LogP contribution in [0.5, 0.6) is 17.2 Å². The van der Waals surface area contributed by atoms with Crippen molar-refractivity contribution < 1.29 is 14.6 Å². The highest BCUT2D eigenvalue weighted by molar-refractivity contribution is 5.93. The molecule has 0 atom stereocenters. The van der Waals surface area contributed by atoms with Gasteiger partial charge in [0.15, 0.2) is 11.5 Å². The van der Waals surface area contributed by atoms with Crippen LogP contribution in [0.4, 0.5) is 11.5 Å². The van der Waals surface area contributed by atoms with E-state index in [-0.39, 0.29) is 5.75 Å². The van der Waals surface area contributed by atoms with Crippen molar-refractivity contribution in [2.24, 2.45) is 7.05 Å². The maximum absolute atomic E-state index is 9.95. The molecule has 4 rings (SSSR count). The Hall–Kier alpha value is -3.81. The number of methoxy groups -OCH3 is 1. The van der Waals surface area contributed by atoms with Crippen LogP contribution >= 0.6 is 0 Å². The summed E-state index contributed by atoms with van der Waals surface area (Å²) < 4.78 is 13.3. The van der Waals surface area contributed by atoms with Gasteiger partial charge < -0.3 is 24.5 Å². The Morgan fingerprint density at radius 3 is 2.69 bits per heavy atom. The van der Waals surface area contributed by atoms with Crippen LogP contribution in [0.25, 0.3) is 10.9 Å². The summed E-state index contributed by atoms with van der Waals surface area (Å²) in [4.78, 5) is 13.0. The van der Waals surface area contributed by atoms with E-state index >= 15 is 0 Å². The number of imidazole rings is 1. The lowest BCUT2D eigenvalue weighted by molar-refractivity contribution is 0.273. The van der Waals surface area contributed by atoms with Crippen molar-refractivity contribution in [2.45, 2.75) is 13.5 Å². The molecule has 2 N–H and O–H groups in total. The summed E-state index contributed by atoms with van der Waals surface area (Å²) in [6, 6.07) is 9.02. The molecule has 0 aliphatic heterocycles. The molecule has 0 aliphatic carbocycles. The van der Waals surface area contributed by atoms with Crippen molar-refractivity contribution in [3.05, 3.63) is 60.4 Å². The molecule has 8 heteroatoms. The molecule has 0 saturated heterocycles. The van der Waals surface area contributed by atoms with E-state index in [1.165, 1.54) is 6.33 Å². The Balaban J connectivity index is 1.67. The molecule has 29 heavy (non-hydrogen) atoms. The summed E-state index contributed by atoms with van der Waals surface area (Å²) in [5, 5.41) is 13.9. The summed E-state index contributed by atoms with van der Waals surface area (Å²) in [6.45, 7) is 2.15. The van der Waals surface area contributed by atoms with Crippen LogP contribution in [0.15, 0.2) is 49.1 Å². The zero-order valence-corrected chi connectivity index (χ0v) is 16.4. The van der Waals surface area contributed by atoms with E-state index in [9.17, 15) is 5.11 Å². The molecule has 8 nitrogen and oxygen atoms in total. The van der Waals surface area contributed by atoms with Gasteiger partial charge in [0.05, 0.1) is 12.6 Å². The van der Waals surface area contributed by atoms with Gasteiger partial charge >= 0.3 is 0 Å². The minimum Gasteiger partial charge on any atom is -0.508 e. The molecule has 0 unspecified atom stereocenters. The number of aryl methyl sites for hydroxylation is 2. The second kappa shape index (κ2) is 7.67. The van der Waals surface area contributed by atoms with Crippen molar-refractivity contribution in [1.82, 2.24) is 19.5 Å². The third-order valence-electron chi connectivity index (χ3n) is 4.67. The van der Waals surface area contributed by atoms with Gasteiger partial charge in [0.2, 0.25) is 0 Å².